The monoisotopic (exact) mass is 287 g/mol. The predicted octanol–water partition coefficient (Wildman–Crippen LogP) is 0.595. The van der Waals surface area contributed by atoms with Gasteiger partial charge in [-0.25, -0.2) is 4.74 Å². The van der Waals surface area contributed by atoms with Gasteiger partial charge in [0, 0.05) is 0 Å². The number of ether oxygens (including phenoxy) is 5. The summed E-state index contributed by atoms with van der Waals surface area (Å²) in [7, 11) is 1.43. The van der Waals surface area contributed by atoms with Crippen molar-refractivity contribution >= 4 is 5.71 Å². The van der Waals surface area contributed by atoms with Crippen molar-refractivity contribution in [3.8, 4) is 0 Å². The zero-order chi connectivity index (χ0) is 14.7. The molecule has 0 N–H and O–H groups in total. The second-order valence-electron chi connectivity index (χ2n) is 6.27. The Morgan fingerprint density at radius 2 is 1.75 bits per heavy atom. The van der Waals surface area contributed by atoms with Crippen molar-refractivity contribution in [2.45, 2.75) is 63.9 Å². The summed E-state index contributed by atoms with van der Waals surface area (Å²) in [6.07, 6.45) is -1.92. The second-order valence-corrected chi connectivity index (χ2v) is 6.27. The third-order valence-corrected chi connectivity index (χ3v) is 3.65. The van der Waals surface area contributed by atoms with Crippen molar-refractivity contribution in [2.75, 3.05) is 13.7 Å². The standard InChI is InChI=1S/C13H21NO6/c1-12(2)16-6-7(18-12)9-8(14(5)15)10-11(17-9)20-13(3,4)19-10/h7,9-11H,6H2,1-5H3/b14-8+/t7-,9-,10-,11-/m1/s1. The number of nitrogens with zero attached hydrogens (tertiary/aromatic N) is 1. The molecular weight excluding hydrogens is 266 g/mol. The molecule has 0 spiro atoms. The number of hydrogen-bond donors (Lipinski definition) is 0. The van der Waals surface area contributed by atoms with Gasteiger partial charge >= 0.3 is 0 Å². The van der Waals surface area contributed by atoms with Crippen LogP contribution >= 0.6 is 0 Å². The van der Waals surface area contributed by atoms with E-state index in [0.29, 0.717) is 12.3 Å². The molecule has 20 heavy (non-hydrogen) atoms. The van der Waals surface area contributed by atoms with Gasteiger partial charge in [0.1, 0.15) is 13.2 Å². The van der Waals surface area contributed by atoms with Gasteiger partial charge in [0.15, 0.2) is 30.1 Å². The Labute approximate surface area is 118 Å². The summed E-state index contributed by atoms with van der Waals surface area (Å²) in [6.45, 7) is 7.63. The molecule has 0 saturated carbocycles. The van der Waals surface area contributed by atoms with Crippen molar-refractivity contribution < 1.29 is 28.4 Å². The van der Waals surface area contributed by atoms with Gasteiger partial charge in [-0.05, 0) is 27.7 Å². The highest BCUT2D eigenvalue weighted by molar-refractivity contribution is 5.91. The van der Waals surface area contributed by atoms with E-state index in [9.17, 15) is 5.21 Å². The minimum absolute atomic E-state index is 0.336. The SMILES string of the molecule is C/[N+]([O-])=C1\[C@H]2OC(C)(C)O[C@H]2O[C@@H]1[C@H]1COC(C)(C)O1. The van der Waals surface area contributed by atoms with Crippen molar-refractivity contribution in [3.63, 3.8) is 0 Å². The van der Waals surface area contributed by atoms with Crippen LogP contribution in [0.2, 0.25) is 0 Å². The van der Waals surface area contributed by atoms with Gasteiger partial charge in [0.05, 0.1) is 6.61 Å². The molecule has 0 radical (unpaired) electrons. The molecule has 3 aliphatic heterocycles. The molecule has 0 aliphatic carbocycles. The van der Waals surface area contributed by atoms with Gasteiger partial charge in [0.2, 0.25) is 5.71 Å². The van der Waals surface area contributed by atoms with E-state index < -0.39 is 30.1 Å². The number of hydrogen-bond acceptors (Lipinski definition) is 6. The van der Waals surface area contributed by atoms with E-state index in [0.717, 1.165) is 4.74 Å². The predicted molar refractivity (Wildman–Crippen MR) is 68.2 cm³/mol. The average molecular weight is 287 g/mol. The molecule has 4 atom stereocenters. The number of hydroxylamine groups is 1. The van der Waals surface area contributed by atoms with Gasteiger partial charge in [-0.15, -0.1) is 0 Å². The van der Waals surface area contributed by atoms with E-state index in [1.807, 2.05) is 13.8 Å². The lowest BCUT2D eigenvalue weighted by Crippen LogP contribution is -2.42. The van der Waals surface area contributed by atoms with Crippen LogP contribution in [0.25, 0.3) is 0 Å². The molecule has 114 valence electrons. The average Bonchev–Trinajstić information content (AvgIpc) is 2.86. The quantitative estimate of drug-likeness (QED) is 0.399. The fourth-order valence-electron chi connectivity index (χ4n) is 2.91. The molecule has 3 heterocycles. The first-order valence-electron chi connectivity index (χ1n) is 6.79. The smallest absolute Gasteiger partial charge is 0.229 e. The summed E-state index contributed by atoms with van der Waals surface area (Å²) in [4.78, 5) is 0. The summed E-state index contributed by atoms with van der Waals surface area (Å²) >= 11 is 0. The van der Waals surface area contributed by atoms with Crippen molar-refractivity contribution in [1.82, 2.24) is 0 Å². The van der Waals surface area contributed by atoms with Crippen LogP contribution in [0, 0.1) is 5.21 Å². The molecule has 3 saturated heterocycles. The molecule has 3 fully saturated rings. The molecule has 0 aromatic heterocycles. The Bertz CT molecular complexity index is 442. The van der Waals surface area contributed by atoms with Crippen LogP contribution < -0.4 is 0 Å². The molecule has 7 heteroatoms. The molecule has 0 unspecified atom stereocenters. The molecule has 7 nitrogen and oxygen atoms in total. The van der Waals surface area contributed by atoms with Crippen LogP contribution in [0.15, 0.2) is 0 Å². The van der Waals surface area contributed by atoms with Crippen LogP contribution in [-0.2, 0) is 23.7 Å². The highest BCUT2D eigenvalue weighted by Crippen LogP contribution is 2.38. The van der Waals surface area contributed by atoms with Crippen molar-refractivity contribution in [2.24, 2.45) is 0 Å². The highest BCUT2D eigenvalue weighted by atomic mass is 16.8. The maximum atomic E-state index is 11.9. The second kappa shape index (κ2) is 4.38. The Morgan fingerprint density at radius 3 is 2.30 bits per heavy atom. The zero-order valence-corrected chi connectivity index (χ0v) is 12.4. The third kappa shape index (κ3) is 2.33. The lowest BCUT2D eigenvalue weighted by molar-refractivity contribution is -0.429. The maximum absolute atomic E-state index is 11.9. The van der Waals surface area contributed by atoms with Gasteiger partial charge in [-0.2, -0.15) is 0 Å². The first-order chi connectivity index (χ1) is 9.19. The molecule has 0 aromatic carbocycles. The van der Waals surface area contributed by atoms with Crippen LogP contribution in [-0.4, -0.2) is 60.3 Å². The molecule has 3 aliphatic rings. The fraction of sp³-hybridized carbons (Fsp3) is 0.923. The molecular formula is C13H21NO6. The van der Waals surface area contributed by atoms with E-state index in [4.69, 9.17) is 23.7 Å². The van der Waals surface area contributed by atoms with E-state index in [1.54, 1.807) is 13.8 Å². The van der Waals surface area contributed by atoms with E-state index in [1.165, 1.54) is 7.05 Å². The van der Waals surface area contributed by atoms with Gasteiger partial charge in [-0.3, -0.25) is 0 Å². The van der Waals surface area contributed by atoms with Crippen molar-refractivity contribution in [1.29, 1.82) is 0 Å². The van der Waals surface area contributed by atoms with E-state index >= 15 is 0 Å². The molecule has 3 rings (SSSR count). The minimum Gasteiger partial charge on any atom is -0.624 e. The normalized spacial score (nSPS) is 44.6. The first kappa shape index (κ1) is 14.2. The summed E-state index contributed by atoms with van der Waals surface area (Å²) in [5.74, 6) is -1.42. The Morgan fingerprint density at radius 1 is 1.05 bits per heavy atom. The number of rotatable bonds is 1. The first-order valence-corrected chi connectivity index (χ1v) is 6.79. The summed E-state index contributed by atoms with van der Waals surface area (Å²) in [6, 6.07) is 0. The molecule has 0 amide bonds. The van der Waals surface area contributed by atoms with Crippen molar-refractivity contribution in [3.05, 3.63) is 5.21 Å². The Balaban J connectivity index is 1.83. The number of fused-ring (bicyclic) bond motifs is 1. The third-order valence-electron chi connectivity index (χ3n) is 3.65. The summed E-state index contributed by atoms with van der Waals surface area (Å²) in [5, 5.41) is 11.9. The molecule has 0 bridgehead atoms. The summed E-state index contributed by atoms with van der Waals surface area (Å²) < 4.78 is 29.4. The zero-order valence-electron chi connectivity index (χ0n) is 12.4. The lowest BCUT2D eigenvalue weighted by Gasteiger charge is -2.23. The fourth-order valence-corrected chi connectivity index (χ4v) is 2.91. The molecule has 0 aromatic rings. The van der Waals surface area contributed by atoms with Crippen LogP contribution in [0.4, 0.5) is 0 Å². The summed E-state index contributed by atoms with van der Waals surface area (Å²) in [5.41, 5.74) is 0.492. The van der Waals surface area contributed by atoms with Gasteiger partial charge in [-0.1, -0.05) is 0 Å². The minimum atomic E-state index is -0.756. The topological polar surface area (TPSA) is 72.2 Å². The van der Waals surface area contributed by atoms with Gasteiger partial charge < -0.3 is 28.9 Å². The maximum Gasteiger partial charge on any atom is 0.229 e. The Kier molecular flexibility index (Phi) is 3.11. The van der Waals surface area contributed by atoms with E-state index in [-0.39, 0.29) is 6.10 Å². The van der Waals surface area contributed by atoms with E-state index in [2.05, 4.69) is 0 Å². The Hall–Kier alpha value is -0.730. The van der Waals surface area contributed by atoms with Gasteiger partial charge in [0.25, 0.3) is 0 Å². The van der Waals surface area contributed by atoms with Crippen LogP contribution in [0.5, 0.6) is 0 Å². The van der Waals surface area contributed by atoms with Crippen LogP contribution in [0.3, 0.4) is 0 Å². The highest BCUT2D eigenvalue weighted by Gasteiger charge is 2.59. The largest absolute Gasteiger partial charge is 0.624 e. The lowest BCUT2D eigenvalue weighted by atomic mass is 10.1. The van der Waals surface area contributed by atoms with Crippen LogP contribution in [0.1, 0.15) is 27.7 Å².